The molecule has 2 aromatic rings. The molecule has 0 spiro atoms. The number of H-pyrrole nitrogens is 1. The molecule has 0 bridgehead atoms. The Morgan fingerprint density at radius 2 is 2.38 bits per heavy atom. The van der Waals surface area contributed by atoms with Gasteiger partial charge in [0.15, 0.2) is 0 Å². The number of benzene rings is 1. The van der Waals surface area contributed by atoms with E-state index in [-0.39, 0.29) is 5.92 Å². The first-order valence-corrected chi connectivity index (χ1v) is 4.88. The van der Waals surface area contributed by atoms with Gasteiger partial charge in [-0.25, -0.2) is 4.98 Å². The van der Waals surface area contributed by atoms with E-state index in [1.165, 1.54) is 0 Å². The molecule has 16 heavy (non-hydrogen) atoms. The highest BCUT2D eigenvalue weighted by molar-refractivity contribution is 5.37. The van der Waals surface area contributed by atoms with Crippen molar-refractivity contribution in [1.29, 1.82) is 5.26 Å². The summed E-state index contributed by atoms with van der Waals surface area (Å²) in [4.78, 5) is 7.05. The van der Waals surface area contributed by atoms with Gasteiger partial charge in [-0.2, -0.15) is 5.26 Å². The summed E-state index contributed by atoms with van der Waals surface area (Å²) in [7, 11) is 1.60. The fraction of sp³-hybridized carbons (Fsp3) is 0.167. The zero-order chi connectivity index (χ0) is 11.4. The third kappa shape index (κ3) is 1.89. The maximum absolute atomic E-state index is 9.16. The molecule has 0 aliphatic heterocycles. The molecule has 1 heterocycles. The van der Waals surface area contributed by atoms with Crippen molar-refractivity contribution >= 4 is 0 Å². The van der Waals surface area contributed by atoms with Crippen molar-refractivity contribution in [2.75, 3.05) is 7.11 Å². The average Bonchev–Trinajstić information content (AvgIpc) is 2.84. The van der Waals surface area contributed by atoms with Crippen molar-refractivity contribution in [3.63, 3.8) is 0 Å². The first kappa shape index (κ1) is 10.2. The number of nitrogens with zero attached hydrogens (tertiary/aromatic N) is 2. The highest BCUT2D eigenvalue weighted by atomic mass is 16.5. The molecule has 0 aliphatic carbocycles. The molecule has 0 saturated heterocycles. The highest BCUT2D eigenvalue weighted by Gasteiger charge is 2.15. The number of nitriles is 1. The van der Waals surface area contributed by atoms with Crippen LogP contribution in [0, 0.1) is 11.3 Å². The Labute approximate surface area is 93.5 Å². The average molecular weight is 213 g/mol. The van der Waals surface area contributed by atoms with Crippen molar-refractivity contribution in [1.82, 2.24) is 9.97 Å². The van der Waals surface area contributed by atoms with E-state index >= 15 is 0 Å². The van der Waals surface area contributed by atoms with Crippen LogP contribution in [0.4, 0.5) is 0 Å². The second-order valence-electron chi connectivity index (χ2n) is 3.31. The molecule has 1 aromatic heterocycles. The van der Waals surface area contributed by atoms with Gasteiger partial charge >= 0.3 is 0 Å². The van der Waals surface area contributed by atoms with E-state index in [1.54, 1.807) is 19.5 Å². The summed E-state index contributed by atoms with van der Waals surface area (Å²) in [6.45, 7) is 0. The third-order valence-corrected chi connectivity index (χ3v) is 2.35. The Bertz CT molecular complexity index is 499. The van der Waals surface area contributed by atoms with E-state index in [4.69, 9.17) is 10.00 Å². The summed E-state index contributed by atoms with van der Waals surface area (Å²) < 4.78 is 5.13. The van der Waals surface area contributed by atoms with E-state index < -0.39 is 0 Å². The van der Waals surface area contributed by atoms with E-state index in [0.29, 0.717) is 5.82 Å². The topological polar surface area (TPSA) is 61.7 Å². The Morgan fingerprint density at radius 3 is 3.00 bits per heavy atom. The third-order valence-electron chi connectivity index (χ3n) is 2.35. The number of imidazole rings is 1. The molecule has 0 fully saturated rings. The Kier molecular flexibility index (Phi) is 2.88. The van der Waals surface area contributed by atoms with Crippen molar-refractivity contribution in [2.24, 2.45) is 0 Å². The van der Waals surface area contributed by atoms with Gasteiger partial charge in [0.05, 0.1) is 13.2 Å². The number of ether oxygens (including phenoxy) is 1. The van der Waals surface area contributed by atoms with E-state index in [2.05, 4.69) is 16.0 Å². The SMILES string of the molecule is COc1cccc(C(C#N)c2ncc[nH]2)c1. The Balaban J connectivity index is 2.38. The fourth-order valence-electron chi connectivity index (χ4n) is 1.55. The molecule has 1 unspecified atom stereocenters. The first-order valence-electron chi connectivity index (χ1n) is 4.88. The van der Waals surface area contributed by atoms with E-state index in [0.717, 1.165) is 11.3 Å². The van der Waals surface area contributed by atoms with Gasteiger partial charge in [-0.3, -0.25) is 0 Å². The predicted molar refractivity (Wildman–Crippen MR) is 59.0 cm³/mol. The lowest BCUT2D eigenvalue weighted by Crippen LogP contribution is -2.00. The van der Waals surface area contributed by atoms with Crippen LogP contribution < -0.4 is 4.74 Å². The van der Waals surface area contributed by atoms with Crippen molar-refractivity contribution < 1.29 is 4.74 Å². The number of aromatic nitrogens is 2. The number of nitrogens with one attached hydrogen (secondary N) is 1. The smallest absolute Gasteiger partial charge is 0.129 e. The second-order valence-corrected chi connectivity index (χ2v) is 3.31. The zero-order valence-corrected chi connectivity index (χ0v) is 8.84. The molecule has 1 aromatic carbocycles. The standard InChI is InChI=1S/C12H11N3O/c1-16-10-4-2-3-9(7-10)11(8-13)12-14-5-6-15-12/h2-7,11H,1H3,(H,14,15). The van der Waals surface area contributed by atoms with Crippen molar-refractivity contribution in [2.45, 2.75) is 5.92 Å². The number of aromatic amines is 1. The molecule has 1 N–H and O–H groups in total. The zero-order valence-electron chi connectivity index (χ0n) is 8.84. The highest BCUT2D eigenvalue weighted by Crippen LogP contribution is 2.24. The largest absolute Gasteiger partial charge is 0.497 e. The lowest BCUT2D eigenvalue weighted by Gasteiger charge is -2.08. The monoisotopic (exact) mass is 213 g/mol. The number of methoxy groups -OCH3 is 1. The van der Waals surface area contributed by atoms with Crippen LogP contribution >= 0.6 is 0 Å². The van der Waals surface area contributed by atoms with Gasteiger partial charge in [0.2, 0.25) is 0 Å². The molecule has 2 rings (SSSR count). The van der Waals surface area contributed by atoms with Crippen molar-refractivity contribution in [3.05, 3.63) is 48.0 Å². The van der Waals surface area contributed by atoms with Gasteiger partial charge in [-0.05, 0) is 17.7 Å². The van der Waals surface area contributed by atoms with E-state index in [1.807, 2.05) is 24.3 Å². The normalized spacial score (nSPS) is 11.8. The van der Waals surface area contributed by atoms with Gasteiger partial charge in [-0.1, -0.05) is 12.1 Å². The molecule has 4 heteroatoms. The predicted octanol–water partition coefficient (Wildman–Crippen LogP) is 2.07. The quantitative estimate of drug-likeness (QED) is 0.849. The molecule has 0 saturated carbocycles. The number of hydrogen-bond acceptors (Lipinski definition) is 3. The lowest BCUT2D eigenvalue weighted by molar-refractivity contribution is 0.414. The Hall–Kier alpha value is -2.28. The molecular weight excluding hydrogens is 202 g/mol. The fourth-order valence-corrected chi connectivity index (χ4v) is 1.55. The molecule has 4 nitrogen and oxygen atoms in total. The minimum atomic E-state index is -0.384. The van der Waals surface area contributed by atoms with Gasteiger partial charge < -0.3 is 9.72 Å². The maximum Gasteiger partial charge on any atom is 0.129 e. The number of hydrogen-bond donors (Lipinski definition) is 1. The van der Waals surface area contributed by atoms with Gasteiger partial charge in [0.1, 0.15) is 17.5 Å². The van der Waals surface area contributed by atoms with Crippen molar-refractivity contribution in [3.8, 4) is 11.8 Å². The van der Waals surface area contributed by atoms with Crippen LogP contribution in [0.15, 0.2) is 36.7 Å². The van der Waals surface area contributed by atoms with Crippen LogP contribution in [0.3, 0.4) is 0 Å². The maximum atomic E-state index is 9.16. The minimum Gasteiger partial charge on any atom is -0.497 e. The van der Waals surface area contributed by atoms with Crippen LogP contribution in [0.2, 0.25) is 0 Å². The molecular formula is C12H11N3O. The van der Waals surface area contributed by atoms with Crippen LogP contribution in [-0.2, 0) is 0 Å². The lowest BCUT2D eigenvalue weighted by atomic mass is 10.00. The summed E-state index contributed by atoms with van der Waals surface area (Å²) in [5.41, 5.74) is 0.872. The summed E-state index contributed by atoms with van der Waals surface area (Å²) in [5.74, 6) is 1.00. The molecule has 1 atom stereocenters. The summed E-state index contributed by atoms with van der Waals surface area (Å²) in [6, 6.07) is 9.66. The van der Waals surface area contributed by atoms with E-state index in [9.17, 15) is 0 Å². The van der Waals surface area contributed by atoms with Gasteiger partial charge in [0.25, 0.3) is 0 Å². The van der Waals surface area contributed by atoms with Crippen LogP contribution in [-0.4, -0.2) is 17.1 Å². The second kappa shape index (κ2) is 4.49. The van der Waals surface area contributed by atoms with Crippen LogP contribution in [0.25, 0.3) is 0 Å². The van der Waals surface area contributed by atoms with Crippen LogP contribution in [0.1, 0.15) is 17.3 Å². The molecule has 0 amide bonds. The summed E-state index contributed by atoms with van der Waals surface area (Å²) in [6.07, 6.45) is 3.35. The van der Waals surface area contributed by atoms with Crippen LogP contribution in [0.5, 0.6) is 5.75 Å². The summed E-state index contributed by atoms with van der Waals surface area (Å²) in [5, 5.41) is 9.16. The molecule has 80 valence electrons. The van der Waals surface area contributed by atoms with Gasteiger partial charge in [0, 0.05) is 12.4 Å². The molecule has 0 aliphatic rings. The first-order chi connectivity index (χ1) is 7.85. The number of rotatable bonds is 3. The summed E-state index contributed by atoms with van der Waals surface area (Å²) >= 11 is 0. The minimum absolute atomic E-state index is 0.384. The molecule has 0 radical (unpaired) electrons. The Morgan fingerprint density at radius 1 is 1.50 bits per heavy atom. The van der Waals surface area contributed by atoms with Gasteiger partial charge in [-0.15, -0.1) is 0 Å².